The van der Waals surface area contributed by atoms with Crippen molar-refractivity contribution in [1.29, 1.82) is 0 Å². The van der Waals surface area contributed by atoms with E-state index in [9.17, 15) is 4.79 Å². The lowest BCUT2D eigenvalue weighted by molar-refractivity contribution is 0.0932. The number of amides is 1. The number of fused-ring (bicyclic) bond motifs is 1. The van der Waals surface area contributed by atoms with Crippen molar-refractivity contribution in [3.63, 3.8) is 0 Å². The van der Waals surface area contributed by atoms with Crippen LogP contribution in [0.5, 0.6) is 0 Å². The zero-order valence-electron chi connectivity index (χ0n) is 17.3. The summed E-state index contributed by atoms with van der Waals surface area (Å²) in [6.07, 6.45) is 2.77. The summed E-state index contributed by atoms with van der Waals surface area (Å²) in [6.45, 7) is 9.03. The third-order valence-electron chi connectivity index (χ3n) is 5.39. The van der Waals surface area contributed by atoms with Crippen LogP contribution in [0.2, 0.25) is 0 Å². The van der Waals surface area contributed by atoms with Gasteiger partial charge in [-0.05, 0) is 32.4 Å². The van der Waals surface area contributed by atoms with Gasteiger partial charge in [0.1, 0.15) is 11.5 Å². The average Bonchev–Trinajstić information content (AvgIpc) is 3.23. The molecular formula is C23H28N4O2. The summed E-state index contributed by atoms with van der Waals surface area (Å²) in [5.74, 6) is 1.59. The summed E-state index contributed by atoms with van der Waals surface area (Å²) in [5.41, 5.74) is 3.98. The summed E-state index contributed by atoms with van der Waals surface area (Å²) in [5, 5.41) is 7.52. The van der Waals surface area contributed by atoms with E-state index >= 15 is 0 Å². The second kappa shape index (κ2) is 8.25. The average molecular weight is 393 g/mol. The van der Waals surface area contributed by atoms with E-state index in [0.29, 0.717) is 17.9 Å². The minimum Gasteiger partial charge on any atom is -0.465 e. The Morgan fingerprint density at radius 2 is 2.03 bits per heavy atom. The number of nitrogens with zero attached hydrogens (tertiary/aromatic N) is 3. The Kier molecular flexibility index (Phi) is 5.53. The summed E-state index contributed by atoms with van der Waals surface area (Å²) in [7, 11) is 0. The van der Waals surface area contributed by atoms with Gasteiger partial charge in [0.25, 0.3) is 5.91 Å². The zero-order chi connectivity index (χ0) is 20.4. The van der Waals surface area contributed by atoms with Crippen LogP contribution in [-0.2, 0) is 26.1 Å². The molecule has 2 aromatic heterocycles. The molecule has 0 unspecified atom stereocenters. The van der Waals surface area contributed by atoms with Crippen molar-refractivity contribution in [2.45, 2.75) is 52.9 Å². The number of aryl methyl sites for hydroxylation is 2. The van der Waals surface area contributed by atoms with E-state index in [2.05, 4.69) is 39.6 Å². The fraction of sp³-hybridized carbons (Fsp3) is 0.391. The Labute approximate surface area is 171 Å². The molecule has 0 fully saturated rings. The number of aromatic nitrogens is 2. The van der Waals surface area contributed by atoms with Crippen molar-refractivity contribution < 1.29 is 9.21 Å². The number of furan rings is 1. The monoisotopic (exact) mass is 392 g/mol. The van der Waals surface area contributed by atoms with Crippen LogP contribution < -0.4 is 5.32 Å². The van der Waals surface area contributed by atoms with Crippen molar-refractivity contribution in [2.24, 2.45) is 0 Å². The van der Waals surface area contributed by atoms with Crippen molar-refractivity contribution in [2.75, 3.05) is 6.54 Å². The molecular weight excluding hydrogens is 364 g/mol. The molecule has 0 bridgehead atoms. The van der Waals surface area contributed by atoms with Gasteiger partial charge in [0.05, 0.1) is 17.8 Å². The highest BCUT2D eigenvalue weighted by molar-refractivity contribution is 5.97. The fourth-order valence-corrected chi connectivity index (χ4v) is 4.04. The van der Waals surface area contributed by atoms with Crippen LogP contribution in [0.1, 0.15) is 45.6 Å². The van der Waals surface area contributed by atoms with Gasteiger partial charge in [0.2, 0.25) is 0 Å². The molecule has 0 saturated carbocycles. The Morgan fingerprint density at radius 1 is 1.24 bits per heavy atom. The Morgan fingerprint density at radius 3 is 2.76 bits per heavy atom. The van der Waals surface area contributed by atoms with Gasteiger partial charge in [-0.25, -0.2) is 0 Å². The molecule has 3 heterocycles. The van der Waals surface area contributed by atoms with E-state index < -0.39 is 0 Å². The van der Waals surface area contributed by atoms with Crippen molar-refractivity contribution in [3.8, 4) is 0 Å². The van der Waals surface area contributed by atoms with Gasteiger partial charge in [-0.3, -0.25) is 14.4 Å². The molecule has 0 saturated heterocycles. The predicted molar refractivity (Wildman–Crippen MR) is 112 cm³/mol. The number of benzene rings is 1. The second-order valence-electron chi connectivity index (χ2n) is 7.93. The molecule has 152 valence electrons. The van der Waals surface area contributed by atoms with Gasteiger partial charge in [-0.2, -0.15) is 5.10 Å². The molecule has 1 aliphatic rings. The topological polar surface area (TPSA) is 63.3 Å². The normalized spacial score (nSPS) is 15.1. The van der Waals surface area contributed by atoms with Crippen LogP contribution in [0, 0.1) is 13.8 Å². The van der Waals surface area contributed by atoms with Gasteiger partial charge >= 0.3 is 0 Å². The molecule has 1 atom stereocenters. The highest BCUT2D eigenvalue weighted by Crippen LogP contribution is 2.29. The van der Waals surface area contributed by atoms with Crippen LogP contribution in [0.15, 0.2) is 47.0 Å². The van der Waals surface area contributed by atoms with Gasteiger partial charge in [-0.15, -0.1) is 0 Å². The standard InChI is InChI=1S/C23H28N4O2/c1-16-9-12-27(25-16)13-17(2)24-23(28)22-18(3)29-21-10-11-26(15-20(21)22)14-19-7-5-4-6-8-19/h4-9,12,17H,10-11,13-15H2,1-3H3,(H,24,28)/t17-/m0/s1. The molecule has 1 aromatic carbocycles. The molecule has 0 spiro atoms. The maximum atomic E-state index is 13.1. The number of nitrogens with one attached hydrogen (secondary N) is 1. The third kappa shape index (κ3) is 4.43. The second-order valence-corrected chi connectivity index (χ2v) is 7.93. The van der Waals surface area contributed by atoms with Gasteiger partial charge in [0, 0.05) is 43.9 Å². The zero-order valence-corrected chi connectivity index (χ0v) is 17.3. The van der Waals surface area contributed by atoms with E-state index in [1.165, 1.54) is 5.56 Å². The van der Waals surface area contributed by atoms with Gasteiger partial charge in [0.15, 0.2) is 0 Å². The maximum Gasteiger partial charge on any atom is 0.255 e. The van der Waals surface area contributed by atoms with Crippen molar-refractivity contribution in [1.82, 2.24) is 20.0 Å². The Bertz CT molecular complexity index is 990. The number of hydrogen-bond donors (Lipinski definition) is 1. The molecule has 1 aliphatic heterocycles. The molecule has 0 radical (unpaired) electrons. The van der Waals surface area contributed by atoms with E-state index in [4.69, 9.17) is 4.42 Å². The minimum absolute atomic E-state index is 0.0317. The summed E-state index contributed by atoms with van der Waals surface area (Å²) in [4.78, 5) is 15.4. The highest BCUT2D eigenvalue weighted by Gasteiger charge is 2.28. The first-order valence-corrected chi connectivity index (χ1v) is 10.2. The third-order valence-corrected chi connectivity index (χ3v) is 5.39. The smallest absolute Gasteiger partial charge is 0.255 e. The number of hydrogen-bond acceptors (Lipinski definition) is 4. The molecule has 3 aromatic rings. The quantitative estimate of drug-likeness (QED) is 0.698. The number of carbonyl (C=O) groups excluding carboxylic acids is 1. The first-order valence-electron chi connectivity index (χ1n) is 10.2. The number of rotatable bonds is 6. The first kappa shape index (κ1) is 19.5. The predicted octanol–water partition coefficient (Wildman–Crippen LogP) is 3.47. The Hall–Kier alpha value is -2.86. The lowest BCUT2D eigenvalue weighted by atomic mass is 10.0. The van der Waals surface area contributed by atoms with E-state index in [0.717, 1.165) is 43.1 Å². The summed E-state index contributed by atoms with van der Waals surface area (Å²) < 4.78 is 7.82. The summed E-state index contributed by atoms with van der Waals surface area (Å²) >= 11 is 0. The largest absolute Gasteiger partial charge is 0.465 e. The number of carbonyl (C=O) groups is 1. The SMILES string of the molecule is Cc1ccn(C[C@H](C)NC(=O)c2c(C)oc3c2CN(Cc2ccccc2)CC3)n1. The first-order chi connectivity index (χ1) is 14.0. The molecule has 6 nitrogen and oxygen atoms in total. The lowest BCUT2D eigenvalue weighted by Crippen LogP contribution is -2.37. The van der Waals surface area contributed by atoms with Crippen LogP contribution in [0.4, 0.5) is 0 Å². The van der Waals surface area contributed by atoms with Crippen LogP contribution in [0.25, 0.3) is 0 Å². The van der Waals surface area contributed by atoms with E-state index in [-0.39, 0.29) is 11.9 Å². The molecule has 1 N–H and O–H groups in total. The van der Waals surface area contributed by atoms with E-state index in [1.807, 2.05) is 43.8 Å². The highest BCUT2D eigenvalue weighted by atomic mass is 16.3. The minimum atomic E-state index is -0.0644. The van der Waals surface area contributed by atoms with Gasteiger partial charge < -0.3 is 9.73 Å². The maximum absolute atomic E-state index is 13.1. The van der Waals surface area contributed by atoms with Crippen LogP contribution in [0.3, 0.4) is 0 Å². The Balaban J connectivity index is 1.46. The van der Waals surface area contributed by atoms with Gasteiger partial charge in [-0.1, -0.05) is 30.3 Å². The van der Waals surface area contributed by atoms with Crippen molar-refractivity contribution >= 4 is 5.91 Å². The lowest BCUT2D eigenvalue weighted by Gasteiger charge is -2.26. The van der Waals surface area contributed by atoms with Crippen LogP contribution in [-0.4, -0.2) is 33.2 Å². The molecule has 1 amide bonds. The fourth-order valence-electron chi connectivity index (χ4n) is 4.04. The summed E-state index contributed by atoms with van der Waals surface area (Å²) in [6, 6.07) is 12.4. The molecule has 6 heteroatoms. The molecule has 29 heavy (non-hydrogen) atoms. The van der Waals surface area contributed by atoms with Crippen molar-refractivity contribution in [3.05, 3.63) is 76.5 Å². The molecule has 0 aliphatic carbocycles. The van der Waals surface area contributed by atoms with E-state index in [1.54, 1.807) is 0 Å². The van der Waals surface area contributed by atoms with Crippen LogP contribution >= 0.6 is 0 Å². The molecule has 4 rings (SSSR count).